The van der Waals surface area contributed by atoms with Crippen LogP contribution in [0.3, 0.4) is 0 Å². The first-order valence-corrected chi connectivity index (χ1v) is 8.21. The summed E-state index contributed by atoms with van der Waals surface area (Å²) in [5, 5.41) is 6.49. The van der Waals surface area contributed by atoms with Crippen LogP contribution < -0.4 is 10.6 Å². The van der Waals surface area contributed by atoms with E-state index in [1.54, 1.807) is 0 Å². The fourth-order valence-corrected chi connectivity index (χ4v) is 3.17. The Kier molecular flexibility index (Phi) is 6.09. The van der Waals surface area contributed by atoms with Crippen molar-refractivity contribution in [3.05, 3.63) is 0 Å². The molecule has 1 saturated carbocycles. The highest BCUT2D eigenvalue weighted by atomic mass is 16.6. The second-order valence-corrected chi connectivity index (χ2v) is 8.44. The molecule has 1 fully saturated rings. The Labute approximate surface area is 130 Å². The van der Waals surface area contributed by atoms with Gasteiger partial charge in [0.1, 0.15) is 5.60 Å². The summed E-state index contributed by atoms with van der Waals surface area (Å²) < 4.78 is 5.25. The molecule has 0 aromatic heterocycles. The lowest BCUT2D eigenvalue weighted by molar-refractivity contribution is 0.0520. The van der Waals surface area contributed by atoms with Crippen LogP contribution in [0.1, 0.15) is 67.7 Å². The summed E-state index contributed by atoms with van der Waals surface area (Å²) in [6.45, 7) is 15.4. The van der Waals surface area contributed by atoms with Crippen molar-refractivity contribution in [2.24, 2.45) is 11.3 Å². The van der Waals surface area contributed by atoms with Gasteiger partial charge in [-0.05, 0) is 58.3 Å². The van der Waals surface area contributed by atoms with Gasteiger partial charge in [0.15, 0.2) is 0 Å². The third-order valence-corrected chi connectivity index (χ3v) is 4.14. The minimum Gasteiger partial charge on any atom is -0.444 e. The Morgan fingerprint density at radius 3 is 2.52 bits per heavy atom. The van der Waals surface area contributed by atoms with Gasteiger partial charge in [-0.2, -0.15) is 0 Å². The van der Waals surface area contributed by atoms with Gasteiger partial charge in [-0.1, -0.05) is 20.8 Å². The first-order chi connectivity index (χ1) is 9.48. The van der Waals surface area contributed by atoms with Crippen LogP contribution in [-0.4, -0.2) is 30.3 Å². The maximum atomic E-state index is 11.6. The van der Waals surface area contributed by atoms with Crippen LogP contribution in [-0.2, 0) is 4.74 Å². The molecule has 3 unspecified atom stereocenters. The smallest absolute Gasteiger partial charge is 0.407 e. The second kappa shape index (κ2) is 6.99. The van der Waals surface area contributed by atoms with Crippen molar-refractivity contribution in [1.82, 2.24) is 10.6 Å². The monoisotopic (exact) mass is 298 g/mol. The number of ether oxygens (including phenoxy) is 1. The van der Waals surface area contributed by atoms with E-state index in [4.69, 9.17) is 4.74 Å². The number of alkyl carbamates (subject to hydrolysis) is 1. The Morgan fingerprint density at radius 1 is 1.38 bits per heavy atom. The van der Waals surface area contributed by atoms with Gasteiger partial charge >= 0.3 is 6.09 Å². The molecule has 1 aliphatic rings. The lowest BCUT2D eigenvalue weighted by Crippen LogP contribution is -2.49. The number of carbonyl (C=O) groups excluding carboxylic acids is 1. The highest BCUT2D eigenvalue weighted by Gasteiger charge is 2.32. The molecule has 0 heterocycles. The van der Waals surface area contributed by atoms with E-state index in [0.717, 1.165) is 0 Å². The van der Waals surface area contributed by atoms with Gasteiger partial charge in [0, 0.05) is 18.6 Å². The van der Waals surface area contributed by atoms with Gasteiger partial charge in [-0.3, -0.25) is 0 Å². The van der Waals surface area contributed by atoms with Crippen molar-refractivity contribution in [3.63, 3.8) is 0 Å². The molecular formula is C17H34N2O2. The number of hydrogen-bond donors (Lipinski definition) is 2. The molecule has 0 saturated heterocycles. The zero-order chi connectivity index (χ0) is 16.3. The summed E-state index contributed by atoms with van der Waals surface area (Å²) >= 11 is 0. The Balaban J connectivity index is 2.31. The average molecular weight is 298 g/mol. The molecule has 0 aromatic rings. The molecule has 2 N–H and O–H groups in total. The number of carbonyl (C=O) groups is 1. The molecule has 1 aliphatic carbocycles. The summed E-state index contributed by atoms with van der Waals surface area (Å²) in [4.78, 5) is 11.6. The molecule has 4 nitrogen and oxygen atoms in total. The first-order valence-electron chi connectivity index (χ1n) is 8.21. The number of amides is 1. The largest absolute Gasteiger partial charge is 0.444 e. The summed E-state index contributed by atoms with van der Waals surface area (Å²) in [5.41, 5.74) is 0.0276. The minimum absolute atomic E-state index is 0.256. The Morgan fingerprint density at radius 2 is 2.00 bits per heavy atom. The van der Waals surface area contributed by atoms with E-state index in [1.807, 2.05) is 20.8 Å². The Hall–Kier alpha value is -0.770. The molecular weight excluding hydrogens is 264 g/mol. The van der Waals surface area contributed by atoms with Crippen LogP contribution in [0.4, 0.5) is 4.79 Å². The summed E-state index contributed by atoms with van der Waals surface area (Å²) in [7, 11) is 0. The number of nitrogens with one attached hydrogen (secondary N) is 2. The normalized spacial score (nSPS) is 27.0. The van der Waals surface area contributed by atoms with Crippen LogP contribution in [0.5, 0.6) is 0 Å². The Bertz CT molecular complexity index is 347. The fraction of sp³-hybridized carbons (Fsp3) is 0.941. The lowest BCUT2D eigenvalue weighted by atomic mass is 9.70. The summed E-state index contributed by atoms with van der Waals surface area (Å²) in [5.74, 6) is 0.678. The standard InChI is InChI=1S/C17H34N2O2/c1-12-10-17(6,7)9-8-14(12)19-13(2)11-18-15(20)21-16(3,4)5/h12-14,19H,8-11H2,1-7H3,(H,18,20). The number of rotatable bonds is 4. The predicted octanol–water partition coefficient (Wildman–Crippen LogP) is 3.70. The van der Waals surface area contributed by atoms with E-state index in [0.29, 0.717) is 23.9 Å². The summed E-state index contributed by atoms with van der Waals surface area (Å²) in [6, 6.07) is 0.805. The van der Waals surface area contributed by atoms with Crippen molar-refractivity contribution >= 4 is 6.09 Å². The molecule has 1 amide bonds. The van der Waals surface area contributed by atoms with Crippen molar-refractivity contribution < 1.29 is 9.53 Å². The van der Waals surface area contributed by atoms with Crippen LogP contribution >= 0.6 is 0 Å². The van der Waals surface area contributed by atoms with Gasteiger partial charge in [-0.25, -0.2) is 4.79 Å². The predicted molar refractivity (Wildman–Crippen MR) is 87.4 cm³/mol. The minimum atomic E-state index is -0.440. The first kappa shape index (κ1) is 18.3. The average Bonchev–Trinajstić information content (AvgIpc) is 2.27. The van der Waals surface area contributed by atoms with Crippen molar-refractivity contribution in [2.45, 2.75) is 85.4 Å². The van der Waals surface area contributed by atoms with E-state index >= 15 is 0 Å². The van der Waals surface area contributed by atoms with Gasteiger partial charge in [0.2, 0.25) is 0 Å². The van der Waals surface area contributed by atoms with Crippen LogP contribution in [0.25, 0.3) is 0 Å². The van der Waals surface area contributed by atoms with E-state index in [9.17, 15) is 4.79 Å². The van der Waals surface area contributed by atoms with Crippen molar-refractivity contribution in [3.8, 4) is 0 Å². The maximum Gasteiger partial charge on any atom is 0.407 e. The lowest BCUT2D eigenvalue weighted by Gasteiger charge is -2.40. The molecule has 4 heteroatoms. The van der Waals surface area contributed by atoms with Crippen LogP contribution in [0, 0.1) is 11.3 Å². The van der Waals surface area contributed by atoms with E-state index in [2.05, 4.69) is 38.3 Å². The molecule has 0 radical (unpaired) electrons. The van der Waals surface area contributed by atoms with E-state index < -0.39 is 5.60 Å². The molecule has 0 aliphatic heterocycles. The van der Waals surface area contributed by atoms with Gasteiger partial charge in [0.05, 0.1) is 0 Å². The molecule has 21 heavy (non-hydrogen) atoms. The zero-order valence-electron chi connectivity index (χ0n) is 14.9. The molecule has 1 rings (SSSR count). The molecule has 3 atom stereocenters. The van der Waals surface area contributed by atoms with Gasteiger partial charge < -0.3 is 15.4 Å². The second-order valence-electron chi connectivity index (χ2n) is 8.44. The highest BCUT2D eigenvalue weighted by molar-refractivity contribution is 5.67. The van der Waals surface area contributed by atoms with E-state index in [1.165, 1.54) is 19.3 Å². The van der Waals surface area contributed by atoms with Gasteiger partial charge in [0.25, 0.3) is 0 Å². The molecule has 0 bridgehead atoms. The van der Waals surface area contributed by atoms with Crippen molar-refractivity contribution in [1.29, 1.82) is 0 Å². The topological polar surface area (TPSA) is 50.4 Å². The zero-order valence-corrected chi connectivity index (χ0v) is 14.9. The van der Waals surface area contributed by atoms with Crippen LogP contribution in [0.2, 0.25) is 0 Å². The molecule has 0 aromatic carbocycles. The van der Waals surface area contributed by atoms with E-state index in [-0.39, 0.29) is 12.1 Å². The summed E-state index contributed by atoms with van der Waals surface area (Å²) in [6.07, 6.45) is 3.40. The highest BCUT2D eigenvalue weighted by Crippen LogP contribution is 2.38. The quantitative estimate of drug-likeness (QED) is 0.832. The van der Waals surface area contributed by atoms with Gasteiger partial charge in [-0.15, -0.1) is 0 Å². The van der Waals surface area contributed by atoms with Crippen LogP contribution in [0.15, 0.2) is 0 Å². The fourth-order valence-electron chi connectivity index (χ4n) is 3.17. The number of hydrogen-bond acceptors (Lipinski definition) is 3. The molecule has 0 spiro atoms. The third-order valence-electron chi connectivity index (χ3n) is 4.14. The SMILES string of the molecule is CC(CNC(=O)OC(C)(C)C)NC1CCC(C)(C)CC1C. The molecule has 124 valence electrons. The third kappa shape index (κ3) is 7.16. The van der Waals surface area contributed by atoms with Crippen molar-refractivity contribution in [2.75, 3.05) is 6.54 Å². The maximum absolute atomic E-state index is 11.6.